The van der Waals surface area contributed by atoms with Crippen LogP contribution in [-0.2, 0) is 11.2 Å². The molecule has 0 bridgehead atoms. The molecule has 0 aliphatic heterocycles. The van der Waals surface area contributed by atoms with E-state index >= 15 is 0 Å². The Morgan fingerprint density at radius 3 is 2.22 bits per heavy atom. The average Bonchev–Trinajstić information content (AvgIpc) is 3.01. The fraction of sp³-hybridized carbons (Fsp3) is 0.526. The molecule has 1 atom stereocenters. The summed E-state index contributed by atoms with van der Waals surface area (Å²) < 4.78 is 0. The van der Waals surface area contributed by atoms with Gasteiger partial charge in [-0.05, 0) is 38.1 Å². The first-order valence-corrected chi connectivity index (χ1v) is 8.86. The molecule has 2 N–H and O–H groups in total. The van der Waals surface area contributed by atoms with Crippen molar-refractivity contribution in [1.29, 1.82) is 0 Å². The molecule has 0 unspecified atom stereocenters. The minimum Gasteiger partial charge on any atom is -0.361 e. The minimum atomic E-state index is -0.533. The van der Waals surface area contributed by atoms with Crippen LogP contribution in [0.2, 0.25) is 5.02 Å². The summed E-state index contributed by atoms with van der Waals surface area (Å²) >= 11 is 5.93. The molecule has 23 heavy (non-hydrogen) atoms. The highest BCUT2D eigenvalue weighted by atomic mass is 35.5. The number of aldehydes is 1. The lowest BCUT2D eigenvalue weighted by Crippen LogP contribution is -2.43. The molecule has 2 aromatic rings. The number of aromatic nitrogens is 1. The van der Waals surface area contributed by atoms with E-state index in [4.69, 9.17) is 11.6 Å². The maximum absolute atomic E-state index is 11.1. The fourth-order valence-electron chi connectivity index (χ4n) is 1.89. The summed E-state index contributed by atoms with van der Waals surface area (Å²) in [7, 11) is 1.79. The van der Waals surface area contributed by atoms with Crippen molar-refractivity contribution in [2.45, 2.75) is 60.4 Å². The maximum atomic E-state index is 11.1. The highest BCUT2D eigenvalue weighted by molar-refractivity contribution is 6.31. The van der Waals surface area contributed by atoms with Crippen molar-refractivity contribution in [2.75, 3.05) is 7.05 Å². The predicted molar refractivity (Wildman–Crippen MR) is 105 cm³/mol. The lowest BCUT2D eigenvalue weighted by molar-refractivity contribution is -0.112. The summed E-state index contributed by atoms with van der Waals surface area (Å²) in [5.41, 5.74) is 1.58. The second-order valence-corrected chi connectivity index (χ2v) is 4.90. The standard InChI is InChI=1S/C13H15ClN2O.3C2H6/c1-13(8-17,15-2)6-9-7-16-12-5-10(14)3-4-11(9)12;3*1-2/h3-5,7-8,15-16H,6H2,1-2H3;3*1-2H3/t13-;;;/m0.../s1. The van der Waals surface area contributed by atoms with Gasteiger partial charge in [-0.15, -0.1) is 0 Å². The molecule has 2 rings (SSSR count). The van der Waals surface area contributed by atoms with Gasteiger partial charge >= 0.3 is 0 Å². The van der Waals surface area contributed by atoms with Crippen LogP contribution in [0.15, 0.2) is 24.4 Å². The van der Waals surface area contributed by atoms with Crippen LogP contribution in [-0.4, -0.2) is 23.9 Å². The van der Waals surface area contributed by atoms with Crippen molar-refractivity contribution in [2.24, 2.45) is 0 Å². The molecule has 0 aliphatic carbocycles. The van der Waals surface area contributed by atoms with Gasteiger partial charge in [0.1, 0.15) is 6.29 Å². The zero-order chi connectivity index (χ0) is 18.5. The number of fused-ring (bicyclic) bond motifs is 1. The summed E-state index contributed by atoms with van der Waals surface area (Å²) in [6.07, 6.45) is 3.52. The number of rotatable bonds is 4. The average molecular weight is 341 g/mol. The summed E-state index contributed by atoms with van der Waals surface area (Å²) in [5.74, 6) is 0. The fourth-order valence-corrected chi connectivity index (χ4v) is 2.06. The van der Waals surface area contributed by atoms with Gasteiger partial charge in [-0.2, -0.15) is 0 Å². The van der Waals surface area contributed by atoms with Crippen LogP contribution in [0.3, 0.4) is 0 Å². The summed E-state index contributed by atoms with van der Waals surface area (Å²) in [6.45, 7) is 13.9. The third-order valence-corrected chi connectivity index (χ3v) is 3.35. The lowest BCUT2D eigenvalue weighted by Gasteiger charge is -2.21. The number of carbonyl (C=O) groups excluding carboxylic acids is 1. The van der Waals surface area contributed by atoms with E-state index in [1.54, 1.807) is 7.05 Å². The third kappa shape index (κ3) is 7.19. The zero-order valence-electron chi connectivity index (χ0n) is 15.9. The van der Waals surface area contributed by atoms with Gasteiger partial charge in [0, 0.05) is 22.1 Å². The zero-order valence-corrected chi connectivity index (χ0v) is 16.6. The van der Waals surface area contributed by atoms with Crippen LogP contribution in [0.5, 0.6) is 0 Å². The smallest absolute Gasteiger partial charge is 0.140 e. The Morgan fingerprint density at radius 1 is 1.17 bits per heavy atom. The van der Waals surface area contributed by atoms with E-state index in [1.807, 2.05) is 72.9 Å². The van der Waals surface area contributed by atoms with E-state index in [0.717, 1.165) is 22.8 Å². The Bertz CT molecular complexity index is 551. The van der Waals surface area contributed by atoms with Crippen LogP contribution in [0.25, 0.3) is 10.9 Å². The first-order chi connectivity index (χ1) is 11.1. The highest BCUT2D eigenvalue weighted by Crippen LogP contribution is 2.24. The predicted octanol–water partition coefficient (Wildman–Crippen LogP) is 5.62. The molecule has 1 heterocycles. The molecule has 1 aromatic carbocycles. The topological polar surface area (TPSA) is 44.9 Å². The number of H-pyrrole nitrogens is 1. The van der Waals surface area contributed by atoms with Crippen molar-refractivity contribution >= 4 is 28.8 Å². The van der Waals surface area contributed by atoms with E-state index in [9.17, 15) is 4.79 Å². The molecule has 0 fully saturated rings. The van der Waals surface area contributed by atoms with Gasteiger partial charge in [0.25, 0.3) is 0 Å². The lowest BCUT2D eigenvalue weighted by atomic mass is 9.94. The number of hydrogen-bond acceptors (Lipinski definition) is 2. The molecule has 0 saturated heterocycles. The molecule has 132 valence electrons. The molecule has 0 saturated carbocycles. The molecule has 0 radical (unpaired) electrons. The summed E-state index contributed by atoms with van der Waals surface area (Å²) in [6, 6.07) is 5.72. The minimum absolute atomic E-state index is 0.533. The second kappa shape index (κ2) is 13.1. The number of likely N-dealkylation sites (N-methyl/N-ethyl adjacent to an activating group) is 1. The molecule has 0 aliphatic rings. The van der Waals surface area contributed by atoms with Crippen molar-refractivity contribution in [3.05, 3.63) is 35.0 Å². The van der Waals surface area contributed by atoms with E-state index in [-0.39, 0.29) is 0 Å². The van der Waals surface area contributed by atoms with Gasteiger partial charge in [-0.25, -0.2) is 0 Å². The number of aromatic amines is 1. The Labute approximate surface area is 146 Å². The highest BCUT2D eigenvalue weighted by Gasteiger charge is 2.22. The molecule has 1 aromatic heterocycles. The molecule has 3 nitrogen and oxygen atoms in total. The number of benzene rings is 1. The molecular weight excluding hydrogens is 308 g/mol. The van der Waals surface area contributed by atoms with Gasteiger partial charge in [0.15, 0.2) is 0 Å². The first kappa shape index (κ1) is 23.9. The van der Waals surface area contributed by atoms with Crippen LogP contribution in [0, 0.1) is 0 Å². The van der Waals surface area contributed by atoms with Gasteiger partial charge in [-0.1, -0.05) is 59.2 Å². The quantitative estimate of drug-likeness (QED) is 0.709. The first-order valence-electron chi connectivity index (χ1n) is 8.49. The van der Waals surface area contributed by atoms with Gasteiger partial charge in [0.2, 0.25) is 0 Å². The summed E-state index contributed by atoms with van der Waals surface area (Å²) in [4.78, 5) is 14.3. The molecule has 0 spiro atoms. The summed E-state index contributed by atoms with van der Waals surface area (Å²) in [5, 5.41) is 4.85. The van der Waals surface area contributed by atoms with Gasteiger partial charge in [0.05, 0.1) is 5.54 Å². The Balaban J connectivity index is 0. The van der Waals surface area contributed by atoms with Crippen LogP contribution < -0.4 is 5.32 Å². The normalized spacial score (nSPS) is 11.7. The number of nitrogens with one attached hydrogen (secondary N) is 2. The van der Waals surface area contributed by atoms with Gasteiger partial charge < -0.3 is 15.1 Å². The molecule has 4 heteroatoms. The van der Waals surface area contributed by atoms with Crippen LogP contribution >= 0.6 is 11.6 Å². The number of carbonyl (C=O) groups is 1. The van der Waals surface area contributed by atoms with Crippen LogP contribution in [0.4, 0.5) is 0 Å². The second-order valence-electron chi connectivity index (χ2n) is 4.47. The Hall–Kier alpha value is -1.32. The van der Waals surface area contributed by atoms with Crippen molar-refractivity contribution in [1.82, 2.24) is 10.3 Å². The number of hydrogen-bond donors (Lipinski definition) is 2. The van der Waals surface area contributed by atoms with E-state index in [0.29, 0.717) is 11.4 Å². The molecular formula is C19H33ClN2O. The van der Waals surface area contributed by atoms with Gasteiger partial charge in [-0.3, -0.25) is 0 Å². The van der Waals surface area contributed by atoms with E-state index in [1.165, 1.54) is 0 Å². The van der Waals surface area contributed by atoms with Crippen molar-refractivity contribution < 1.29 is 4.79 Å². The van der Waals surface area contributed by atoms with Crippen LogP contribution in [0.1, 0.15) is 54.0 Å². The largest absolute Gasteiger partial charge is 0.361 e. The maximum Gasteiger partial charge on any atom is 0.140 e. The Morgan fingerprint density at radius 2 is 1.74 bits per heavy atom. The third-order valence-electron chi connectivity index (χ3n) is 3.12. The number of halogens is 1. The Kier molecular flexibility index (Phi) is 13.7. The molecule has 0 amide bonds. The monoisotopic (exact) mass is 340 g/mol. The van der Waals surface area contributed by atoms with E-state index < -0.39 is 5.54 Å². The SMILES string of the molecule is CC.CC.CC.CN[C@](C)(C=O)Cc1c[nH]c2cc(Cl)ccc12. The van der Waals surface area contributed by atoms with E-state index in [2.05, 4.69) is 10.3 Å². The van der Waals surface area contributed by atoms with Crippen molar-refractivity contribution in [3.63, 3.8) is 0 Å². The van der Waals surface area contributed by atoms with Crippen molar-refractivity contribution in [3.8, 4) is 0 Å².